The second-order valence-corrected chi connectivity index (χ2v) is 8.81. The van der Waals surface area contributed by atoms with Crippen LogP contribution in [0.5, 0.6) is 5.75 Å². The largest absolute Gasteiger partial charge is 0.497 e. The first-order valence-corrected chi connectivity index (χ1v) is 12.0. The third-order valence-corrected chi connectivity index (χ3v) is 6.28. The average molecular weight is 476 g/mol. The number of amides is 2. The quantitative estimate of drug-likeness (QED) is 0.400. The Bertz CT molecular complexity index is 1110. The third kappa shape index (κ3) is 6.51. The van der Waals surface area contributed by atoms with E-state index in [1.807, 2.05) is 29.2 Å². The minimum absolute atomic E-state index is 0.0180. The average Bonchev–Trinajstić information content (AvgIpc) is 3.64. The molecule has 3 aromatic rings. The summed E-state index contributed by atoms with van der Waals surface area (Å²) in [5.74, 6) is 0.443. The fraction of sp³-hybridized carbons (Fsp3) is 0.357. The molecule has 7 nitrogen and oxygen atoms in total. The van der Waals surface area contributed by atoms with E-state index < -0.39 is 0 Å². The van der Waals surface area contributed by atoms with Crippen LogP contribution in [0.2, 0.25) is 0 Å². The molecule has 0 unspecified atom stereocenters. The molecular weight excluding hydrogens is 442 g/mol. The van der Waals surface area contributed by atoms with E-state index >= 15 is 0 Å². The molecule has 7 heteroatoms. The molecule has 0 spiro atoms. The Morgan fingerprint density at radius 2 is 1.71 bits per heavy atom. The Hall–Kier alpha value is -3.58. The molecule has 1 heterocycles. The van der Waals surface area contributed by atoms with E-state index in [1.54, 1.807) is 43.4 Å². The number of rotatable bonds is 12. The van der Waals surface area contributed by atoms with Crippen LogP contribution in [-0.2, 0) is 22.6 Å². The summed E-state index contributed by atoms with van der Waals surface area (Å²) >= 11 is 0. The normalized spacial score (nSPS) is 12.9. The number of ether oxygens (including phenoxy) is 2. The van der Waals surface area contributed by atoms with Crippen molar-refractivity contribution in [3.63, 3.8) is 0 Å². The van der Waals surface area contributed by atoms with Gasteiger partial charge in [-0.1, -0.05) is 30.3 Å². The van der Waals surface area contributed by atoms with Gasteiger partial charge in [0, 0.05) is 43.7 Å². The van der Waals surface area contributed by atoms with Gasteiger partial charge >= 0.3 is 0 Å². The molecule has 1 aromatic heterocycles. The Morgan fingerprint density at radius 1 is 0.971 bits per heavy atom. The highest BCUT2D eigenvalue weighted by atomic mass is 16.5. The van der Waals surface area contributed by atoms with Crippen LogP contribution in [0.15, 0.2) is 72.9 Å². The van der Waals surface area contributed by atoms with Crippen LogP contribution in [0.25, 0.3) is 0 Å². The van der Waals surface area contributed by atoms with Gasteiger partial charge < -0.3 is 23.8 Å². The molecule has 0 aliphatic heterocycles. The topological polar surface area (TPSA) is 64.0 Å². The molecule has 1 fully saturated rings. The molecule has 0 atom stereocenters. The van der Waals surface area contributed by atoms with Crippen molar-refractivity contribution in [2.45, 2.75) is 32.0 Å². The summed E-state index contributed by atoms with van der Waals surface area (Å²) in [7, 11) is 3.18. The number of aromatic nitrogens is 1. The van der Waals surface area contributed by atoms with Gasteiger partial charge in [-0.3, -0.25) is 9.59 Å². The summed E-state index contributed by atoms with van der Waals surface area (Å²) in [5.41, 5.74) is 2.81. The molecule has 1 saturated carbocycles. The van der Waals surface area contributed by atoms with Crippen LogP contribution >= 0.6 is 0 Å². The van der Waals surface area contributed by atoms with Crippen LogP contribution in [0.4, 0.5) is 0 Å². The van der Waals surface area contributed by atoms with Crippen molar-refractivity contribution in [2.24, 2.45) is 0 Å². The standard InChI is InChI=1S/C28H33N3O4/c1-34-18-17-30(28(33)23-10-14-26(35-2)15-11-23)21-27(32)31(24-12-13-24)20-25-9-6-16-29(25)19-22-7-4-3-5-8-22/h3-11,14-16,24H,12-13,17-21H2,1-2H3. The second-order valence-electron chi connectivity index (χ2n) is 8.81. The highest BCUT2D eigenvalue weighted by Crippen LogP contribution is 2.29. The van der Waals surface area contributed by atoms with Crippen LogP contribution in [0.1, 0.15) is 34.5 Å². The zero-order valence-electron chi connectivity index (χ0n) is 20.4. The molecule has 4 rings (SSSR count). The molecule has 184 valence electrons. The first-order valence-electron chi connectivity index (χ1n) is 12.0. The van der Waals surface area contributed by atoms with Gasteiger partial charge in [-0.05, 0) is 54.8 Å². The Kier molecular flexibility index (Phi) is 8.21. The summed E-state index contributed by atoms with van der Waals surface area (Å²) in [6, 6.07) is 21.5. The van der Waals surface area contributed by atoms with Crippen molar-refractivity contribution in [1.82, 2.24) is 14.4 Å². The first-order chi connectivity index (χ1) is 17.1. The van der Waals surface area contributed by atoms with Gasteiger partial charge in [0.05, 0.1) is 20.3 Å². The number of hydrogen-bond donors (Lipinski definition) is 0. The number of methoxy groups -OCH3 is 2. The Morgan fingerprint density at radius 3 is 2.37 bits per heavy atom. The zero-order chi connectivity index (χ0) is 24.6. The molecule has 2 aromatic carbocycles. The fourth-order valence-corrected chi connectivity index (χ4v) is 4.13. The summed E-state index contributed by atoms with van der Waals surface area (Å²) < 4.78 is 12.6. The van der Waals surface area contributed by atoms with E-state index in [0.29, 0.717) is 31.0 Å². The van der Waals surface area contributed by atoms with E-state index in [-0.39, 0.29) is 24.4 Å². The molecule has 0 saturated heterocycles. The maximum absolute atomic E-state index is 13.5. The van der Waals surface area contributed by atoms with Gasteiger partial charge in [-0.15, -0.1) is 0 Å². The molecular formula is C28H33N3O4. The van der Waals surface area contributed by atoms with Crippen molar-refractivity contribution in [3.05, 3.63) is 89.7 Å². The van der Waals surface area contributed by atoms with Gasteiger partial charge in [-0.25, -0.2) is 0 Å². The second kappa shape index (κ2) is 11.7. The molecule has 35 heavy (non-hydrogen) atoms. The molecule has 0 bridgehead atoms. The van der Waals surface area contributed by atoms with Crippen molar-refractivity contribution in [3.8, 4) is 5.75 Å². The minimum atomic E-state index is -0.193. The van der Waals surface area contributed by atoms with E-state index in [0.717, 1.165) is 25.1 Å². The van der Waals surface area contributed by atoms with Gasteiger partial charge in [0.2, 0.25) is 5.91 Å². The SMILES string of the molecule is COCCN(CC(=O)N(Cc1cccn1Cc1ccccc1)C1CC1)C(=O)c1ccc(OC)cc1. The first kappa shape index (κ1) is 24.5. The smallest absolute Gasteiger partial charge is 0.254 e. The van der Waals surface area contributed by atoms with E-state index in [2.05, 4.69) is 29.0 Å². The van der Waals surface area contributed by atoms with Crippen LogP contribution < -0.4 is 4.74 Å². The predicted molar refractivity (Wildman–Crippen MR) is 134 cm³/mol. The molecule has 0 radical (unpaired) electrons. The zero-order valence-corrected chi connectivity index (χ0v) is 20.4. The maximum Gasteiger partial charge on any atom is 0.254 e. The lowest BCUT2D eigenvalue weighted by molar-refractivity contribution is -0.133. The number of benzene rings is 2. The van der Waals surface area contributed by atoms with Crippen molar-refractivity contribution in [1.29, 1.82) is 0 Å². The van der Waals surface area contributed by atoms with Gasteiger partial charge in [0.15, 0.2) is 0 Å². The van der Waals surface area contributed by atoms with Crippen molar-refractivity contribution < 1.29 is 19.1 Å². The molecule has 0 N–H and O–H groups in total. The van der Waals surface area contributed by atoms with Crippen molar-refractivity contribution in [2.75, 3.05) is 33.9 Å². The molecule has 2 amide bonds. The van der Waals surface area contributed by atoms with E-state index in [1.165, 1.54) is 5.56 Å². The van der Waals surface area contributed by atoms with E-state index in [4.69, 9.17) is 9.47 Å². The monoisotopic (exact) mass is 475 g/mol. The minimum Gasteiger partial charge on any atom is -0.497 e. The maximum atomic E-state index is 13.5. The fourth-order valence-electron chi connectivity index (χ4n) is 4.13. The van der Waals surface area contributed by atoms with Crippen LogP contribution in [0.3, 0.4) is 0 Å². The summed E-state index contributed by atoms with van der Waals surface area (Å²) in [5, 5.41) is 0. The van der Waals surface area contributed by atoms with Crippen LogP contribution in [0, 0.1) is 0 Å². The van der Waals surface area contributed by atoms with E-state index in [9.17, 15) is 9.59 Å². The Labute approximate surface area is 206 Å². The highest BCUT2D eigenvalue weighted by Gasteiger charge is 2.34. The Balaban J connectivity index is 1.47. The van der Waals surface area contributed by atoms with Crippen LogP contribution in [-0.4, -0.2) is 66.1 Å². The van der Waals surface area contributed by atoms with Gasteiger partial charge in [-0.2, -0.15) is 0 Å². The summed E-state index contributed by atoms with van der Waals surface area (Å²) in [6.45, 7) is 2.00. The lowest BCUT2D eigenvalue weighted by atomic mass is 10.2. The highest BCUT2D eigenvalue weighted by molar-refractivity contribution is 5.96. The number of hydrogen-bond acceptors (Lipinski definition) is 4. The number of carbonyl (C=O) groups is 2. The lowest BCUT2D eigenvalue weighted by Gasteiger charge is -2.28. The lowest BCUT2D eigenvalue weighted by Crippen LogP contribution is -2.44. The van der Waals surface area contributed by atoms with Gasteiger partial charge in [0.25, 0.3) is 5.91 Å². The van der Waals surface area contributed by atoms with Gasteiger partial charge in [0.1, 0.15) is 12.3 Å². The van der Waals surface area contributed by atoms with Crippen molar-refractivity contribution >= 4 is 11.8 Å². The number of nitrogens with zero attached hydrogens (tertiary/aromatic N) is 3. The number of carbonyl (C=O) groups excluding carboxylic acids is 2. The molecule has 1 aliphatic rings. The predicted octanol–water partition coefficient (Wildman–Crippen LogP) is 3.82. The summed E-state index contributed by atoms with van der Waals surface area (Å²) in [4.78, 5) is 30.2. The summed E-state index contributed by atoms with van der Waals surface area (Å²) in [6.07, 6.45) is 4.04. The molecule has 1 aliphatic carbocycles. The third-order valence-electron chi connectivity index (χ3n) is 6.28.